The Morgan fingerprint density at radius 3 is 2.75 bits per heavy atom. The van der Waals surface area contributed by atoms with E-state index in [0.717, 1.165) is 18.7 Å². The Balaban J connectivity index is 1.79. The van der Waals surface area contributed by atoms with Gasteiger partial charge in [0.25, 0.3) is 0 Å². The number of likely N-dealkylation sites (tertiary alicyclic amines) is 1. The first-order valence-electron chi connectivity index (χ1n) is 6.82. The Hall–Kier alpha value is -0.120. The van der Waals surface area contributed by atoms with E-state index in [1.165, 1.54) is 45.2 Å². The van der Waals surface area contributed by atoms with E-state index in [4.69, 9.17) is 4.74 Å². The fraction of sp³-hybridized carbons (Fsp3) is 1.00. The van der Waals surface area contributed by atoms with Crippen molar-refractivity contribution in [3.05, 3.63) is 0 Å². The van der Waals surface area contributed by atoms with Gasteiger partial charge in [-0.2, -0.15) is 0 Å². The smallest absolute Gasteiger partial charge is 0.0617 e. The zero-order chi connectivity index (χ0) is 11.4. The molecule has 1 heterocycles. The van der Waals surface area contributed by atoms with Crippen LogP contribution in [0.25, 0.3) is 0 Å². The molecule has 2 rings (SSSR count). The number of nitrogens with zero attached hydrogens (tertiary/aromatic N) is 1. The molecule has 0 aromatic rings. The summed E-state index contributed by atoms with van der Waals surface area (Å²) in [6.07, 6.45) is 6.68. The van der Waals surface area contributed by atoms with Gasteiger partial charge in [0, 0.05) is 31.8 Å². The maximum Gasteiger partial charge on any atom is 0.0617 e. The number of piperidine rings is 1. The van der Waals surface area contributed by atoms with Crippen molar-refractivity contribution in [2.75, 3.05) is 26.8 Å². The van der Waals surface area contributed by atoms with Gasteiger partial charge in [-0.05, 0) is 38.6 Å². The predicted octanol–water partition coefficient (Wildman–Crippen LogP) is 1.63. The summed E-state index contributed by atoms with van der Waals surface area (Å²) in [6, 6.07) is 2.19. The average Bonchev–Trinajstić information content (AvgIpc) is 3.10. The van der Waals surface area contributed by atoms with Gasteiger partial charge in [-0.1, -0.05) is 6.92 Å². The third-order valence-corrected chi connectivity index (χ3v) is 3.85. The van der Waals surface area contributed by atoms with Crippen LogP contribution in [0.15, 0.2) is 0 Å². The summed E-state index contributed by atoms with van der Waals surface area (Å²) in [6.45, 7) is 5.62. The summed E-state index contributed by atoms with van der Waals surface area (Å²) >= 11 is 0. The molecular weight excluding hydrogens is 200 g/mol. The molecule has 3 heteroatoms. The van der Waals surface area contributed by atoms with E-state index >= 15 is 0 Å². The third kappa shape index (κ3) is 3.44. The minimum atomic E-state index is 0.619. The molecule has 1 saturated carbocycles. The van der Waals surface area contributed by atoms with E-state index in [1.807, 2.05) is 7.11 Å². The molecule has 0 radical (unpaired) electrons. The number of hydrogen-bond donors (Lipinski definition) is 1. The van der Waals surface area contributed by atoms with E-state index < -0.39 is 0 Å². The highest BCUT2D eigenvalue weighted by molar-refractivity contribution is 4.89. The molecule has 1 saturated heterocycles. The zero-order valence-electron chi connectivity index (χ0n) is 10.7. The van der Waals surface area contributed by atoms with Crippen molar-refractivity contribution in [3.63, 3.8) is 0 Å². The van der Waals surface area contributed by atoms with Gasteiger partial charge in [-0.3, -0.25) is 4.90 Å². The quantitative estimate of drug-likeness (QED) is 0.745. The van der Waals surface area contributed by atoms with E-state index in [0.29, 0.717) is 6.04 Å². The van der Waals surface area contributed by atoms with Crippen molar-refractivity contribution in [2.45, 2.75) is 57.2 Å². The summed E-state index contributed by atoms with van der Waals surface area (Å²) in [5.74, 6) is 0. The van der Waals surface area contributed by atoms with E-state index in [9.17, 15) is 0 Å². The average molecular weight is 226 g/mol. The van der Waals surface area contributed by atoms with Crippen LogP contribution in [0.4, 0.5) is 0 Å². The molecule has 1 aliphatic heterocycles. The number of nitrogens with one attached hydrogen (secondary N) is 1. The number of hydrogen-bond acceptors (Lipinski definition) is 3. The first-order valence-corrected chi connectivity index (χ1v) is 6.82. The lowest BCUT2D eigenvalue weighted by Crippen LogP contribution is -2.51. The van der Waals surface area contributed by atoms with Gasteiger partial charge >= 0.3 is 0 Å². The van der Waals surface area contributed by atoms with Gasteiger partial charge in [0.1, 0.15) is 0 Å². The molecule has 0 spiro atoms. The molecule has 1 N–H and O–H groups in total. The summed E-state index contributed by atoms with van der Waals surface area (Å²) in [5, 5.41) is 3.76. The van der Waals surface area contributed by atoms with E-state index in [-0.39, 0.29) is 0 Å². The van der Waals surface area contributed by atoms with Crippen molar-refractivity contribution in [1.29, 1.82) is 0 Å². The fourth-order valence-electron chi connectivity index (χ4n) is 2.73. The standard InChI is InChI=1S/C13H26N2O/c1-3-13(10-16-2)15-8-4-5-12(9-15)14-11-6-7-11/h11-14H,3-10H2,1-2H3. The van der Waals surface area contributed by atoms with Crippen LogP contribution < -0.4 is 5.32 Å². The SMILES string of the molecule is CCC(COC)N1CCCC(NC2CC2)C1. The summed E-state index contributed by atoms with van der Waals surface area (Å²) in [7, 11) is 1.81. The second-order valence-corrected chi connectivity index (χ2v) is 5.29. The predicted molar refractivity (Wildman–Crippen MR) is 66.7 cm³/mol. The molecular formula is C13H26N2O. The monoisotopic (exact) mass is 226 g/mol. The van der Waals surface area contributed by atoms with E-state index in [2.05, 4.69) is 17.1 Å². The van der Waals surface area contributed by atoms with Crippen molar-refractivity contribution >= 4 is 0 Å². The van der Waals surface area contributed by atoms with Crippen LogP contribution in [-0.2, 0) is 4.74 Å². The van der Waals surface area contributed by atoms with Gasteiger partial charge in [-0.15, -0.1) is 0 Å². The van der Waals surface area contributed by atoms with Crippen LogP contribution in [0.1, 0.15) is 39.0 Å². The van der Waals surface area contributed by atoms with Gasteiger partial charge in [0.15, 0.2) is 0 Å². The number of ether oxygens (including phenoxy) is 1. The third-order valence-electron chi connectivity index (χ3n) is 3.85. The molecule has 2 unspecified atom stereocenters. The van der Waals surface area contributed by atoms with Crippen LogP contribution in [0.2, 0.25) is 0 Å². The van der Waals surface area contributed by atoms with Crippen LogP contribution in [-0.4, -0.2) is 49.8 Å². The highest BCUT2D eigenvalue weighted by Crippen LogP contribution is 2.22. The first-order chi connectivity index (χ1) is 7.83. The van der Waals surface area contributed by atoms with Crippen molar-refractivity contribution in [1.82, 2.24) is 10.2 Å². The van der Waals surface area contributed by atoms with Crippen molar-refractivity contribution < 1.29 is 4.74 Å². The lowest BCUT2D eigenvalue weighted by Gasteiger charge is -2.38. The molecule has 0 bridgehead atoms. The van der Waals surface area contributed by atoms with Crippen LogP contribution in [0.5, 0.6) is 0 Å². The molecule has 2 aliphatic rings. The van der Waals surface area contributed by atoms with Gasteiger partial charge in [0.2, 0.25) is 0 Å². The molecule has 0 aromatic carbocycles. The maximum atomic E-state index is 5.31. The van der Waals surface area contributed by atoms with Gasteiger partial charge < -0.3 is 10.1 Å². The minimum Gasteiger partial charge on any atom is -0.383 e. The number of methoxy groups -OCH3 is 1. The second kappa shape index (κ2) is 5.99. The summed E-state index contributed by atoms with van der Waals surface area (Å²) in [5.41, 5.74) is 0. The van der Waals surface area contributed by atoms with Crippen LogP contribution >= 0.6 is 0 Å². The Labute approximate surface area is 99.5 Å². The second-order valence-electron chi connectivity index (χ2n) is 5.29. The minimum absolute atomic E-state index is 0.619. The Bertz CT molecular complexity index is 206. The first kappa shape index (κ1) is 12.3. The van der Waals surface area contributed by atoms with Crippen LogP contribution in [0, 0.1) is 0 Å². The Morgan fingerprint density at radius 2 is 2.12 bits per heavy atom. The maximum absolute atomic E-state index is 5.31. The van der Waals surface area contributed by atoms with Crippen molar-refractivity contribution in [3.8, 4) is 0 Å². The van der Waals surface area contributed by atoms with Crippen LogP contribution in [0.3, 0.4) is 0 Å². The molecule has 16 heavy (non-hydrogen) atoms. The topological polar surface area (TPSA) is 24.5 Å². The lowest BCUT2D eigenvalue weighted by molar-refractivity contribution is 0.0643. The van der Waals surface area contributed by atoms with Crippen molar-refractivity contribution in [2.24, 2.45) is 0 Å². The van der Waals surface area contributed by atoms with Gasteiger partial charge in [-0.25, -0.2) is 0 Å². The molecule has 0 aromatic heterocycles. The number of rotatable bonds is 6. The summed E-state index contributed by atoms with van der Waals surface area (Å²) in [4.78, 5) is 2.62. The molecule has 2 fully saturated rings. The molecule has 1 aliphatic carbocycles. The summed E-state index contributed by atoms with van der Waals surface area (Å²) < 4.78 is 5.31. The highest BCUT2D eigenvalue weighted by Gasteiger charge is 2.29. The lowest BCUT2D eigenvalue weighted by atomic mass is 10.0. The molecule has 94 valence electrons. The fourth-order valence-corrected chi connectivity index (χ4v) is 2.73. The molecule has 3 nitrogen and oxygen atoms in total. The Morgan fingerprint density at radius 1 is 1.31 bits per heavy atom. The van der Waals surface area contributed by atoms with E-state index in [1.54, 1.807) is 0 Å². The van der Waals surface area contributed by atoms with Gasteiger partial charge in [0.05, 0.1) is 6.61 Å². The largest absolute Gasteiger partial charge is 0.383 e. The molecule has 0 amide bonds. The Kier molecular flexibility index (Phi) is 4.62. The highest BCUT2D eigenvalue weighted by atomic mass is 16.5. The zero-order valence-corrected chi connectivity index (χ0v) is 10.7. The molecule has 2 atom stereocenters. The normalized spacial score (nSPS) is 29.2.